The second-order valence-corrected chi connectivity index (χ2v) is 6.04. The Morgan fingerprint density at radius 3 is 2.27 bits per heavy atom. The van der Waals surface area contributed by atoms with Crippen LogP contribution in [0.5, 0.6) is 0 Å². The molecule has 4 aromatic rings. The summed E-state index contributed by atoms with van der Waals surface area (Å²) in [5, 5.41) is 0.0139. The highest BCUT2D eigenvalue weighted by Gasteiger charge is 2.13. The lowest BCUT2D eigenvalue weighted by molar-refractivity contribution is 0.628. The van der Waals surface area contributed by atoms with Gasteiger partial charge in [-0.05, 0) is 48.5 Å². The minimum absolute atomic E-state index is 0.0139. The number of fused-ring (bicyclic) bond motifs is 1. The van der Waals surface area contributed by atoms with Gasteiger partial charge in [0.05, 0.1) is 16.2 Å². The number of rotatable bonds is 2. The van der Waals surface area contributed by atoms with E-state index in [1.807, 2.05) is 0 Å². The molecule has 0 radical (unpaired) electrons. The van der Waals surface area contributed by atoms with Crippen molar-refractivity contribution in [3.8, 4) is 22.5 Å². The number of nitrogens with two attached hydrogens (primary N) is 1. The van der Waals surface area contributed by atoms with E-state index >= 15 is 0 Å². The zero-order valence-corrected chi connectivity index (χ0v) is 14.0. The van der Waals surface area contributed by atoms with E-state index in [9.17, 15) is 8.78 Å². The van der Waals surface area contributed by atoms with Crippen molar-refractivity contribution >= 4 is 28.6 Å². The summed E-state index contributed by atoms with van der Waals surface area (Å²) >= 11 is 5.76. The van der Waals surface area contributed by atoms with E-state index in [4.69, 9.17) is 17.3 Å². The largest absolute Gasteiger partial charge is 0.368 e. The van der Waals surface area contributed by atoms with E-state index in [1.165, 1.54) is 24.3 Å². The lowest BCUT2D eigenvalue weighted by Gasteiger charge is -2.09. The fraction of sp³-hybridized carbons (Fsp3) is 0. The van der Waals surface area contributed by atoms with Crippen molar-refractivity contribution in [3.63, 3.8) is 0 Å². The molecule has 0 atom stereocenters. The van der Waals surface area contributed by atoms with E-state index in [-0.39, 0.29) is 16.8 Å². The maximum Gasteiger partial charge on any atom is 0.221 e. The van der Waals surface area contributed by atoms with E-state index in [0.29, 0.717) is 28.0 Å². The lowest BCUT2D eigenvalue weighted by atomic mass is 10.1. The van der Waals surface area contributed by atoms with Crippen LogP contribution < -0.4 is 5.73 Å². The van der Waals surface area contributed by atoms with Crippen LogP contribution in [0.4, 0.5) is 14.7 Å². The molecule has 2 aromatic carbocycles. The summed E-state index contributed by atoms with van der Waals surface area (Å²) in [4.78, 5) is 13.0. The molecule has 0 aliphatic rings. The van der Waals surface area contributed by atoms with Gasteiger partial charge in [-0.3, -0.25) is 0 Å². The molecule has 2 N–H and O–H groups in total. The molecule has 0 aliphatic carbocycles. The van der Waals surface area contributed by atoms with Crippen LogP contribution in [0.1, 0.15) is 0 Å². The number of nitrogens with zero attached hydrogens (tertiary/aromatic N) is 3. The third-order valence-corrected chi connectivity index (χ3v) is 4.20. The maximum absolute atomic E-state index is 13.9. The first-order valence-electron chi connectivity index (χ1n) is 7.67. The smallest absolute Gasteiger partial charge is 0.221 e. The number of nitrogen functional groups attached to an aromatic ring is 1. The number of aromatic nitrogens is 3. The Hall–Kier alpha value is -3.12. The van der Waals surface area contributed by atoms with E-state index in [2.05, 4.69) is 15.0 Å². The van der Waals surface area contributed by atoms with Crippen molar-refractivity contribution in [2.75, 3.05) is 5.73 Å². The van der Waals surface area contributed by atoms with Crippen molar-refractivity contribution in [3.05, 3.63) is 71.3 Å². The van der Waals surface area contributed by atoms with Crippen LogP contribution >= 0.6 is 11.6 Å². The van der Waals surface area contributed by atoms with Gasteiger partial charge in [0.2, 0.25) is 5.95 Å². The molecule has 4 nitrogen and oxygen atoms in total. The Labute approximate surface area is 152 Å². The van der Waals surface area contributed by atoms with Gasteiger partial charge in [-0.1, -0.05) is 17.7 Å². The Morgan fingerprint density at radius 2 is 1.54 bits per heavy atom. The molecule has 7 heteroatoms. The van der Waals surface area contributed by atoms with Gasteiger partial charge >= 0.3 is 0 Å². The number of pyridine rings is 1. The zero-order valence-electron chi connectivity index (χ0n) is 13.2. The summed E-state index contributed by atoms with van der Waals surface area (Å²) in [6, 6.07) is 13.8. The van der Waals surface area contributed by atoms with Crippen molar-refractivity contribution in [2.24, 2.45) is 0 Å². The topological polar surface area (TPSA) is 64.7 Å². The van der Waals surface area contributed by atoms with Gasteiger partial charge in [0.1, 0.15) is 22.8 Å². The summed E-state index contributed by atoms with van der Waals surface area (Å²) in [6.45, 7) is 0. The quantitative estimate of drug-likeness (QED) is 0.548. The van der Waals surface area contributed by atoms with Gasteiger partial charge in [-0.15, -0.1) is 0 Å². The van der Waals surface area contributed by atoms with Crippen LogP contribution in [0, 0.1) is 11.6 Å². The van der Waals surface area contributed by atoms with Crippen molar-refractivity contribution in [2.45, 2.75) is 0 Å². The SMILES string of the molecule is Nc1nc(-c2ccc(Cl)c(F)c2)c2nc(-c3ccc(F)cc3)ccc2n1. The Balaban J connectivity index is 1.95. The van der Waals surface area contributed by atoms with Crippen molar-refractivity contribution in [1.82, 2.24) is 15.0 Å². The first-order chi connectivity index (χ1) is 12.5. The minimum atomic E-state index is -0.566. The average Bonchev–Trinajstić information content (AvgIpc) is 2.63. The fourth-order valence-corrected chi connectivity index (χ4v) is 2.78. The molecule has 2 aromatic heterocycles. The maximum atomic E-state index is 13.9. The summed E-state index contributed by atoms with van der Waals surface area (Å²) in [7, 11) is 0. The molecular weight excluding hydrogens is 358 g/mol. The molecule has 0 bridgehead atoms. The van der Waals surface area contributed by atoms with Crippen LogP contribution in [0.25, 0.3) is 33.5 Å². The third-order valence-electron chi connectivity index (χ3n) is 3.89. The molecule has 2 heterocycles. The number of hydrogen-bond acceptors (Lipinski definition) is 4. The van der Waals surface area contributed by atoms with Gasteiger partial charge in [0.25, 0.3) is 0 Å². The standard InChI is InChI=1S/C19H11ClF2N4/c20-13-6-3-11(9-14(13)22)17-18-16(25-19(23)26-17)8-7-15(24-18)10-1-4-12(21)5-2-10/h1-9H,(H2,23,25,26). The normalized spacial score (nSPS) is 11.0. The van der Waals surface area contributed by atoms with Gasteiger partial charge < -0.3 is 5.73 Å². The highest BCUT2D eigenvalue weighted by Crippen LogP contribution is 2.30. The van der Waals surface area contributed by atoms with Gasteiger partial charge in [0.15, 0.2) is 0 Å². The molecule has 0 aliphatic heterocycles. The Kier molecular flexibility index (Phi) is 3.97. The monoisotopic (exact) mass is 368 g/mol. The first kappa shape index (κ1) is 16.4. The van der Waals surface area contributed by atoms with Gasteiger partial charge in [-0.2, -0.15) is 0 Å². The lowest BCUT2D eigenvalue weighted by Crippen LogP contribution is -2.00. The number of hydrogen-bond donors (Lipinski definition) is 1. The number of anilines is 1. The molecule has 0 saturated carbocycles. The van der Waals surface area contributed by atoms with Crippen LogP contribution in [0.15, 0.2) is 54.6 Å². The minimum Gasteiger partial charge on any atom is -0.368 e. The van der Waals surface area contributed by atoms with Crippen molar-refractivity contribution in [1.29, 1.82) is 0 Å². The second-order valence-electron chi connectivity index (χ2n) is 5.63. The van der Waals surface area contributed by atoms with E-state index in [1.54, 1.807) is 30.3 Å². The summed E-state index contributed by atoms with van der Waals surface area (Å²) in [6.07, 6.45) is 0. The van der Waals surface area contributed by atoms with Crippen LogP contribution in [-0.4, -0.2) is 15.0 Å². The molecule has 0 fully saturated rings. The van der Waals surface area contributed by atoms with Crippen molar-refractivity contribution < 1.29 is 8.78 Å². The zero-order chi connectivity index (χ0) is 18.3. The Bertz CT molecular complexity index is 1130. The average molecular weight is 369 g/mol. The number of halogens is 3. The van der Waals surface area contributed by atoms with E-state index in [0.717, 1.165) is 5.56 Å². The number of benzene rings is 2. The summed E-state index contributed by atoms with van der Waals surface area (Å²) in [5.74, 6) is -0.841. The molecule has 128 valence electrons. The summed E-state index contributed by atoms with van der Waals surface area (Å²) < 4.78 is 27.0. The molecule has 0 amide bonds. The highest BCUT2D eigenvalue weighted by molar-refractivity contribution is 6.30. The summed E-state index contributed by atoms with van der Waals surface area (Å²) in [5.41, 5.74) is 8.99. The molecule has 0 spiro atoms. The first-order valence-corrected chi connectivity index (χ1v) is 8.05. The Morgan fingerprint density at radius 1 is 0.808 bits per heavy atom. The molecule has 0 unspecified atom stereocenters. The molecular formula is C19H11ClF2N4. The highest BCUT2D eigenvalue weighted by atomic mass is 35.5. The predicted octanol–water partition coefficient (Wildman–Crippen LogP) is 4.87. The van der Waals surface area contributed by atoms with Crippen LogP contribution in [-0.2, 0) is 0 Å². The van der Waals surface area contributed by atoms with Gasteiger partial charge in [-0.25, -0.2) is 23.7 Å². The van der Waals surface area contributed by atoms with Gasteiger partial charge in [0, 0.05) is 11.1 Å². The second kappa shape index (κ2) is 6.31. The molecule has 26 heavy (non-hydrogen) atoms. The van der Waals surface area contributed by atoms with Crippen LogP contribution in [0.3, 0.4) is 0 Å². The molecule has 4 rings (SSSR count). The fourth-order valence-electron chi connectivity index (χ4n) is 2.66. The molecule has 0 saturated heterocycles. The van der Waals surface area contributed by atoms with Crippen LogP contribution in [0.2, 0.25) is 5.02 Å². The van der Waals surface area contributed by atoms with E-state index < -0.39 is 5.82 Å². The third kappa shape index (κ3) is 2.95. The predicted molar refractivity (Wildman–Crippen MR) is 97.5 cm³/mol.